The van der Waals surface area contributed by atoms with Crippen molar-refractivity contribution in [3.63, 3.8) is 0 Å². The van der Waals surface area contributed by atoms with Crippen LogP contribution in [0.1, 0.15) is 32.1 Å². The van der Waals surface area contributed by atoms with E-state index in [2.05, 4.69) is 5.32 Å². The number of primary amides is 1. The fourth-order valence-corrected chi connectivity index (χ4v) is 4.57. The first-order valence-electron chi connectivity index (χ1n) is 7.18. The second kappa shape index (κ2) is 5.99. The van der Waals surface area contributed by atoms with Crippen LogP contribution in [0.25, 0.3) is 0 Å². The molecular weight excluding hydrogens is 327 g/mol. The maximum absolute atomic E-state index is 11.9. The number of hydrogen-bond donors (Lipinski definition) is 2. The van der Waals surface area contributed by atoms with Gasteiger partial charge in [-0.3, -0.25) is 4.79 Å². The highest BCUT2D eigenvalue weighted by atomic mass is 35.5. The Hall–Kier alpha value is -0.420. The van der Waals surface area contributed by atoms with Crippen LogP contribution in [-0.4, -0.2) is 22.7 Å². The van der Waals surface area contributed by atoms with Crippen LogP contribution in [0.4, 0.5) is 0 Å². The molecule has 1 amide bonds. The lowest BCUT2D eigenvalue weighted by molar-refractivity contribution is -0.124. The first kappa shape index (κ1) is 15.5. The number of carbonyl (C=O) groups is 1. The second-order valence-electron chi connectivity index (χ2n) is 5.92. The standard InChI is InChI=1S/C15H18Cl2N2OS/c16-12-4-3-10(7-13(12)17)21-11-5-6-15(8-11,14(18)20)19-9-1-2-9/h3-4,7,9,11,19H,1-2,5-6,8H2,(H2,18,20). The fourth-order valence-electron chi connectivity index (χ4n) is 2.89. The molecule has 0 aliphatic heterocycles. The predicted molar refractivity (Wildman–Crippen MR) is 88.0 cm³/mol. The van der Waals surface area contributed by atoms with Crippen LogP contribution in [0.2, 0.25) is 10.0 Å². The molecule has 2 aliphatic rings. The van der Waals surface area contributed by atoms with Crippen molar-refractivity contribution in [2.45, 2.75) is 53.8 Å². The Labute approximate surface area is 138 Å². The molecule has 0 heterocycles. The molecule has 2 unspecified atom stereocenters. The summed E-state index contributed by atoms with van der Waals surface area (Å²) < 4.78 is 0. The number of nitrogens with two attached hydrogens (primary N) is 1. The lowest BCUT2D eigenvalue weighted by Crippen LogP contribution is -2.54. The van der Waals surface area contributed by atoms with E-state index in [9.17, 15) is 4.79 Å². The first-order chi connectivity index (χ1) is 9.98. The molecule has 3 rings (SSSR count). The van der Waals surface area contributed by atoms with Gasteiger partial charge in [0.05, 0.1) is 15.6 Å². The highest BCUT2D eigenvalue weighted by molar-refractivity contribution is 8.00. The van der Waals surface area contributed by atoms with E-state index in [1.807, 2.05) is 18.2 Å². The van der Waals surface area contributed by atoms with E-state index < -0.39 is 5.54 Å². The third-order valence-corrected chi connectivity index (χ3v) is 6.19. The van der Waals surface area contributed by atoms with Gasteiger partial charge in [0.25, 0.3) is 0 Å². The Kier molecular flexibility index (Phi) is 4.42. The molecule has 0 bridgehead atoms. The lowest BCUT2D eigenvalue weighted by Gasteiger charge is -2.27. The van der Waals surface area contributed by atoms with Crippen LogP contribution in [0.15, 0.2) is 23.1 Å². The zero-order valence-corrected chi connectivity index (χ0v) is 13.9. The molecule has 2 fully saturated rings. The summed E-state index contributed by atoms with van der Waals surface area (Å²) in [4.78, 5) is 13.0. The maximum atomic E-state index is 11.9. The van der Waals surface area contributed by atoms with E-state index in [1.165, 1.54) is 0 Å². The Bertz CT molecular complexity index is 565. The van der Waals surface area contributed by atoms with E-state index in [1.54, 1.807) is 11.8 Å². The van der Waals surface area contributed by atoms with Gasteiger partial charge < -0.3 is 11.1 Å². The van der Waals surface area contributed by atoms with Gasteiger partial charge >= 0.3 is 0 Å². The minimum Gasteiger partial charge on any atom is -0.368 e. The van der Waals surface area contributed by atoms with Gasteiger partial charge in [-0.05, 0) is 50.3 Å². The van der Waals surface area contributed by atoms with E-state index >= 15 is 0 Å². The summed E-state index contributed by atoms with van der Waals surface area (Å²) in [7, 11) is 0. The van der Waals surface area contributed by atoms with Gasteiger partial charge in [0.15, 0.2) is 0 Å². The second-order valence-corrected chi connectivity index (χ2v) is 8.11. The molecule has 0 saturated heterocycles. The predicted octanol–water partition coefficient (Wildman–Crippen LogP) is 3.61. The van der Waals surface area contributed by atoms with Crippen LogP contribution in [0, 0.1) is 0 Å². The van der Waals surface area contributed by atoms with Crippen molar-refractivity contribution in [2.24, 2.45) is 5.73 Å². The molecule has 1 aromatic carbocycles. The van der Waals surface area contributed by atoms with Crippen molar-refractivity contribution < 1.29 is 4.79 Å². The van der Waals surface area contributed by atoms with Gasteiger partial charge in [0.2, 0.25) is 5.91 Å². The van der Waals surface area contributed by atoms with Crippen molar-refractivity contribution in [3.05, 3.63) is 28.2 Å². The number of amides is 1. The third kappa shape index (κ3) is 3.50. The van der Waals surface area contributed by atoms with Crippen molar-refractivity contribution in [1.29, 1.82) is 0 Å². The summed E-state index contributed by atoms with van der Waals surface area (Å²) in [6.07, 6.45) is 4.88. The van der Waals surface area contributed by atoms with Crippen LogP contribution in [0.5, 0.6) is 0 Å². The summed E-state index contributed by atoms with van der Waals surface area (Å²) in [6.45, 7) is 0. The molecule has 114 valence electrons. The van der Waals surface area contributed by atoms with E-state index in [0.29, 0.717) is 21.3 Å². The summed E-state index contributed by atoms with van der Waals surface area (Å²) in [5.74, 6) is -0.216. The summed E-state index contributed by atoms with van der Waals surface area (Å²) in [5.41, 5.74) is 5.14. The monoisotopic (exact) mass is 344 g/mol. The average Bonchev–Trinajstić information content (AvgIpc) is 3.14. The van der Waals surface area contributed by atoms with E-state index in [4.69, 9.17) is 28.9 Å². The molecular formula is C15H18Cl2N2OS. The molecule has 3 N–H and O–H groups in total. The molecule has 21 heavy (non-hydrogen) atoms. The van der Waals surface area contributed by atoms with Crippen molar-refractivity contribution in [1.82, 2.24) is 5.32 Å². The minimum absolute atomic E-state index is 0.216. The molecule has 3 nitrogen and oxygen atoms in total. The molecule has 6 heteroatoms. The number of rotatable bonds is 5. The van der Waals surface area contributed by atoms with Gasteiger partial charge in [-0.25, -0.2) is 0 Å². The van der Waals surface area contributed by atoms with Crippen LogP contribution >= 0.6 is 35.0 Å². The van der Waals surface area contributed by atoms with Gasteiger partial charge in [-0.15, -0.1) is 11.8 Å². The van der Waals surface area contributed by atoms with Crippen molar-refractivity contribution in [3.8, 4) is 0 Å². The summed E-state index contributed by atoms with van der Waals surface area (Å²) in [6, 6.07) is 6.14. The van der Waals surface area contributed by atoms with Crippen LogP contribution in [0.3, 0.4) is 0 Å². The molecule has 0 aromatic heterocycles. The zero-order valence-electron chi connectivity index (χ0n) is 11.6. The number of hydrogen-bond acceptors (Lipinski definition) is 3. The normalized spacial score (nSPS) is 28.8. The summed E-state index contributed by atoms with van der Waals surface area (Å²) >= 11 is 13.7. The van der Waals surface area contributed by atoms with Crippen LogP contribution in [-0.2, 0) is 4.79 Å². The lowest BCUT2D eigenvalue weighted by atomic mass is 9.96. The maximum Gasteiger partial charge on any atom is 0.237 e. The molecule has 1 aromatic rings. The average molecular weight is 345 g/mol. The SMILES string of the molecule is NC(=O)C1(NC2CC2)CCC(Sc2ccc(Cl)c(Cl)c2)C1. The molecule has 0 radical (unpaired) electrons. The smallest absolute Gasteiger partial charge is 0.237 e. The van der Waals surface area contributed by atoms with Gasteiger partial charge in [0, 0.05) is 16.2 Å². The zero-order chi connectivity index (χ0) is 15.0. The topological polar surface area (TPSA) is 55.1 Å². The third-order valence-electron chi connectivity index (χ3n) is 4.19. The number of thioether (sulfide) groups is 1. The fraction of sp³-hybridized carbons (Fsp3) is 0.533. The van der Waals surface area contributed by atoms with Crippen molar-refractivity contribution in [2.75, 3.05) is 0 Å². The van der Waals surface area contributed by atoms with Gasteiger partial charge in [0.1, 0.15) is 0 Å². The number of benzene rings is 1. The number of halogens is 2. The largest absolute Gasteiger partial charge is 0.368 e. The number of nitrogens with one attached hydrogen (secondary N) is 1. The Morgan fingerprint density at radius 3 is 2.67 bits per heavy atom. The van der Waals surface area contributed by atoms with Crippen LogP contribution < -0.4 is 11.1 Å². The minimum atomic E-state index is -0.519. The van der Waals surface area contributed by atoms with Gasteiger partial charge in [-0.2, -0.15) is 0 Å². The Balaban J connectivity index is 1.67. The van der Waals surface area contributed by atoms with E-state index in [0.717, 1.165) is 37.0 Å². The molecule has 2 atom stereocenters. The Morgan fingerprint density at radius 1 is 1.29 bits per heavy atom. The number of carbonyl (C=O) groups excluding carboxylic acids is 1. The molecule has 2 saturated carbocycles. The highest BCUT2D eigenvalue weighted by Crippen LogP contribution is 2.42. The highest BCUT2D eigenvalue weighted by Gasteiger charge is 2.46. The van der Waals surface area contributed by atoms with Gasteiger partial charge in [-0.1, -0.05) is 23.2 Å². The van der Waals surface area contributed by atoms with E-state index in [-0.39, 0.29) is 5.91 Å². The summed E-state index contributed by atoms with van der Waals surface area (Å²) in [5, 5.41) is 4.97. The Morgan fingerprint density at radius 2 is 2.05 bits per heavy atom. The molecule has 0 spiro atoms. The van der Waals surface area contributed by atoms with Crippen molar-refractivity contribution >= 4 is 40.9 Å². The first-order valence-corrected chi connectivity index (χ1v) is 8.81. The molecule has 2 aliphatic carbocycles. The quantitative estimate of drug-likeness (QED) is 0.857.